The first-order chi connectivity index (χ1) is 32.4. The number of nitriles is 2. The zero-order chi connectivity index (χ0) is 46.5. The average molecular weight is 888 g/mol. The number of aromatic nitrogens is 3. The topological polar surface area (TPSA) is 78.3 Å². The average Bonchev–Trinajstić information content (AvgIpc) is 3.68. The Labute approximate surface area is 379 Å². The smallest absolute Gasteiger partial charge is 0.308 e. The van der Waals surface area contributed by atoms with Gasteiger partial charge in [-0.25, -0.2) is 9.97 Å². The summed E-state index contributed by atoms with van der Waals surface area (Å²) in [7, 11) is 0. The Bertz CT molecular complexity index is 3500. The number of hydrogen-bond acceptors (Lipinski definition) is 4. The van der Waals surface area contributed by atoms with Crippen LogP contribution < -0.4 is 0 Å². The minimum absolute atomic E-state index is 0.0594. The van der Waals surface area contributed by atoms with Crippen LogP contribution in [0.5, 0.6) is 0 Å². The highest BCUT2D eigenvalue weighted by molar-refractivity contribution is 6.12. The standard InChI is InChI=1S/C56H31F6N5/c57-55(58,59)40-24-25-43(48(30-40)56(60,61)62)36-23-26-52-45(27-36)44-21-11-12-22-51(44)67(52)53-46(41-19-9-7-17-37(41)32-63)28-39(29-47(53)42-20-10-8-18-38(42)33-64)50-31-49(34-13-3-1-4-14-34)65-54(66-50)35-15-5-2-6-16-35/h1-31H. The number of fused-ring (bicyclic) bond motifs is 3. The molecule has 0 spiro atoms. The van der Waals surface area contributed by atoms with E-state index in [1.807, 2.05) is 126 Å². The molecule has 0 aliphatic heterocycles. The third-order valence-electron chi connectivity index (χ3n) is 11.8. The van der Waals surface area contributed by atoms with Gasteiger partial charge in [-0.1, -0.05) is 127 Å². The number of alkyl halides is 6. The zero-order valence-corrected chi connectivity index (χ0v) is 34.9. The molecule has 10 aromatic rings. The highest BCUT2D eigenvalue weighted by atomic mass is 19.4. The van der Waals surface area contributed by atoms with Crippen LogP contribution in [0.4, 0.5) is 26.3 Å². The second-order valence-electron chi connectivity index (χ2n) is 15.8. The predicted octanol–water partition coefficient (Wildman–Crippen LogP) is 15.4. The molecule has 0 bridgehead atoms. The van der Waals surface area contributed by atoms with E-state index in [9.17, 15) is 36.9 Å². The number of nitrogens with zero attached hydrogens (tertiary/aromatic N) is 5. The first-order valence-corrected chi connectivity index (χ1v) is 20.9. The molecule has 11 heteroatoms. The van der Waals surface area contributed by atoms with Gasteiger partial charge >= 0.3 is 12.4 Å². The van der Waals surface area contributed by atoms with Crippen LogP contribution in [0.1, 0.15) is 22.3 Å². The van der Waals surface area contributed by atoms with Crippen molar-refractivity contribution in [3.8, 4) is 85.1 Å². The number of benzene rings is 8. The second-order valence-corrected chi connectivity index (χ2v) is 15.8. The summed E-state index contributed by atoms with van der Waals surface area (Å²) in [5, 5.41) is 22.4. The van der Waals surface area contributed by atoms with Crippen LogP contribution in [0, 0.1) is 22.7 Å². The van der Waals surface area contributed by atoms with E-state index in [-0.39, 0.29) is 11.6 Å². The molecule has 0 aliphatic carbocycles. The molecule has 0 fully saturated rings. The van der Waals surface area contributed by atoms with Gasteiger partial charge < -0.3 is 4.57 Å². The fourth-order valence-corrected chi connectivity index (χ4v) is 8.72. The molecule has 322 valence electrons. The van der Waals surface area contributed by atoms with Gasteiger partial charge in [-0.3, -0.25) is 0 Å². The molecule has 0 saturated heterocycles. The molecule has 0 aliphatic rings. The van der Waals surface area contributed by atoms with Gasteiger partial charge in [0.2, 0.25) is 0 Å². The second kappa shape index (κ2) is 16.6. The van der Waals surface area contributed by atoms with Gasteiger partial charge in [-0.2, -0.15) is 36.9 Å². The summed E-state index contributed by atoms with van der Waals surface area (Å²) >= 11 is 0. The lowest BCUT2D eigenvalue weighted by atomic mass is 9.88. The molecule has 0 unspecified atom stereocenters. The molecule has 8 aromatic carbocycles. The Balaban J connectivity index is 1.32. The third kappa shape index (κ3) is 7.73. The highest BCUT2D eigenvalue weighted by Crippen LogP contribution is 2.47. The van der Waals surface area contributed by atoms with Crippen LogP contribution in [0.3, 0.4) is 0 Å². The largest absolute Gasteiger partial charge is 0.417 e. The third-order valence-corrected chi connectivity index (χ3v) is 11.8. The lowest BCUT2D eigenvalue weighted by Gasteiger charge is -2.22. The van der Waals surface area contributed by atoms with Gasteiger partial charge in [0.05, 0.1) is 62.5 Å². The first kappa shape index (κ1) is 42.2. The van der Waals surface area contributed by atoms with Gasteiger partial charge in [-0.15, -0.1) is 0 Å². The van der Waals surface area contributed by atoms with E-state index in [1.165, 1.54) is 6.07 Å². The van der Waals surface area contributed by atoms with Gasteiger partial charge in [0.1, 0.15) is 0 Å². The van der Waals surface area contributed by atoms with Crippen molar-refractivity contribution in [1.82, 2.24) is 14.5 Å². The van der Waals surface area contributed by atoms with Crippen LogP contribution in [-0.2, 0) is 12.4 Å². The van der Waals surface area contributed by atoms with Crippen molar-refractivity contribution in [2.24, 2.45) is 0 Å². The SMILES string of the molecule is N#Cc1ccccc1-c1cc(-c2cc(-c3ccccc3)nc(-c3ccccc3)n2)cc(-c2ccccc2C#N)c1-n1c2ccccc2c2cc(-c3ccc(C(F)(F)F)cc3C(F)(F)F)ccc21. The number of rotatable bonds is 7. The molecule has 0 saturated carbocycles. The fourth-order valence-electron chi connectivity index (χ4n) is 8.72. The molecule has 2 aromatic heterocycles. The summed E-state index contributed by atoms with van der Waals surface area (Å²) in [5.41, 5.74) is 5.01. The van der Waals surface area contributed by atoms with Crippen molar-refractivity contribution in [3.05, 3.63) is 210 Å². The van der Waals surface area contributed by atoms with Gasteiger partial charge in [0, 0.05) is 49.7 Å². The maximum Gasteiger partial charge on any atom is 0.417 e. The van der Waals surface area contributed by atoms with Crippen LogP contribution in [0.25, 0.3) is 94.8 Å². The van der Waals surface area contributed by atoms with Crippen molar-refractivity contribution in [1.29, 1.82) is 10.5 Å². The maximum absolute atomic E-state index is 14.6. The van der Waals surface area contributed by atoms with Crippen molar-refractivity contribution in [2.45, 2.75) is 12.4 Å². The van der Waals surface area contributed by atoms with E-state index in [0.29, 0.717) is 89.7 Å². The molecule has 10 rings (SSSR count). The van der Waals surface area contributed by atoms with Crippen LogP contribution in [0.2, 0.25) is 0 Å². The van der Waals surface area contributed by atoms with E-state index >= 15 is 0 Å². The molecular weight excluding hydrogens is 857 g/mol. The van der Waals surface area contributed by atoms with E-state index in [1.54, 1.807) is 42.5 Å². The van der Waals surface area contributed by atoms with E-state index in [2.05, 4.69) is 12.1 Å². The Morgan fingerprint density at radius 1 is 0.403 bits per heavy atom. The molecule has 0 radical (unpaired) electrons. The van der Waals surface area contributed by atoms with Crippen LogP contribution >= 0.6 is 0 Å². The van der Waals surface area contributed by atoms with Crippen molar-refractivity contribution in [2.75, 3.05) is 0 Å². The molecule has 5 nitrogen and oxygen atoms in total. The summed E-state index contributed by atoms with van der Waals surface area (Å²) in [6, 6.07) is 57.7. The summed E-state index contributed by atoms with van der Waals surface area (Å²) in [5.74, 6) is 0.471. The maximum atomic E-state index is 14.6. The summed E-state index contributed by atoms with van der Waals surface area (Å²) in [6.45, 7) is 0. The van der Waals surface area contributed by atoms with Crippen molar-refractivity contribution < 1.29 is 26.3 Å². The molecule has 0 N–H and O–H groups in total. The summed E-state index contributed by atoms with van der Waals surface area (Å²) in [4.78, 5) is 10.1. The number of halogens is 6. The highest BCUT2D eigenvalue weighted by Gasteiger charge is 2.38. The Morgan fingerprint density at radius 2 is 0.940 bits per heavy atom. The Hall–Kier alpha value is -8.80. The van der Waals surface area contributed by atoms with Gasteiger partial charge in [0.15, 0.2) is 5.82 Å². The predicted molar refractivity (Wildman–Crippen MR) is 248 cm³/mol. The minimum Gasteiger partial charge on any atom is -0.308 e. The van der Waals surface area contributed by atoms with Gasteiger partial charge in [-0.05, 0) is 71.8 Å². The quantitative estimate of drug-likeness (QED) is 0.149. The fraction of sp³-hybridized carbons (Fsp3) is 0.0357. The lowest BCUT2D eigenvalue weighted by Crippen LogP contribution is -2.12. The van der Waals surface area contributed by atoms with E-state index in [0.717, 1.165) is 17.2 Å². The zero-order valence-electron chi connectivity index (χ0n) is 34.9. The molecular formula is C56H31F6N5. The first-order valence-electron chi connectivity index (χ1n) is 20.9. The number of para-hydroxylation sites is 1. The monoisotopic (exact) mass is 887 g/mol. The molecule has 0 amide bonds. The van der Waals surface area contributed by atoms with Gasteiger partial charge in [0.25, 0.3) is 0 Å². The number of hydrogen-bond donors (Lipinski definition) is 0. The summed E-state index contributed by atoms with van der Waals surface area (Å²) in [6.07, 6.45) is -10.1. The van der Waals surface area contributed by atoms with Crippen molar-refractivity contribution >= 4 is 21.8 Å². The van der Waals surface area contributed by atoms with E-state index < -0.39 is 29.0 Å². The van der Waals surface area contributed by atoms with Crippen LogP contribution in [0.15, 0.2) is 188 Å². The minimum atomic E-state index is -5.10. The Kier molecular flexibility index (Phi) is 10.5. The van der Waals surface area contributed by atoms with E-state index in [4.69, 9.17) is 9.97 Å². The van der Waals surface area contributed by atoms with Crippen LogP contribution in [-0.4, -0.2) is 14.5 Å². The molecule has 2 heterocycles. The normalized spacial score (nSPS) is 11.7. The Morgan fingerprint density at radius 3 is 1.54 bits per heavy atom. The molecule has 0 atom stereocenters. The van der Waals surface area contributed by atoms with Crippen molar-refractivity contribution in [3.63, 3.8) is 0 Å². The summed E-state index contributed by atoms with van der Waals surface area (Å²) < 4.78 is 86.9. The lowest BCUT2D eigenvalue weighted by molar-refractivity contribution is -0.142. The molecule has 67 heavy (non-hydrogen) atoms.